The van der Waals surface area contributed by atoms with Crippen LogP contribution in [0.2, 0.25) is 0 Å². The lowest BCUT2D eigenvalue weighted by molar-refractivity contribution is -0.137. The van der Waals surface area contributed by atoms with Crippen molar-refractivity contribution < 1.29 is 22.7 Å². The molecule has 1 N–H and O–H groups in total. The molecule has 1 amide bonds. The van der Waals surface area contributed by atoms with Crippen molar-refractivity contribution in [3.63, 3.8) is 0 Å². The van der Waals surface area contributed by atoms with Crippen molar-refractivity contribution in [1.82, 2.24) is 9.38 Å². The zero-order chi connectivity index (χ0) is 21.3. The van der Waals surface area contributed by atoms with Crippen molar-refractivity contribution in [3.8, 4) is 17.0 Å². The van der Waals surface area contributed by atoms with Gasteiger partial charge in [-0.15, -0.1) is 0 Å². The van der Waals surface area contributed by atoms with Gasteiger partial charge in [0.2, 0.25) is 0 Å². The zero-order valence-electron chi connectivity index (χ0n) is 15.8. The number of amides is 1. The number of imidazole rings is 1. The number of fused-ring (bicyclic) bond motifs is 1. The van der Waals surface area contributed by atoms with E-state index in [2.05, 4.69) is 10.3 Å². The standard InChI is InChI=1S/C22H16F3N3O2/c1-30-17-10-8-14(9-11-17)19-20(28-12-3-2-7-18(28)26-19)27-21(29)15-5-4-6-16(13-15)22(23,24)25/h2-13H,1H3,(H,27,29). The van der Waals surface area contributed by atoms with Gasteiger partial charge in [-0.3, -0.25) is 9.20 Å². The summed E-state index contributed by atoms with van der Waals surface area (Å²) in [7, 11) is 1.56. The van der Waals surface area contributed by atoms with E-state index >= 15 is 0 Å². The first-order valence-electron chi connectivity index (χ1n) is 8.97. The van der Waals surface area contributed by atoms with E-state index in [-0.39, 0.29) is 5.56 Å². The Bertz CT molecular complexity index is 1210. The Morgan fingerprint density at radius 2 is 1.80 bits per heavy atom. The fraction of sp³-hybridized carbons (Fsp3) is 0.0909. The molecule has 2 aromatic heterocycles. The summed E-state index contributed by atoms with van der Waals surface area (Å²) in [5.41, 5.74) is 0.811. The lowest BCUT2D eigenvalue weighted by atomic mass is 10.1. The monoisotopic (exact) mass is 411 g/mol. The molecule has 0 spiro atoms. The summed E-state index contributed by atoms with van der Waals surface area (Å²) in [6, 6.07) is 16.7. The number of hydrogen-bond donors (Lipinski definition) is 1. The molecule has 0 unspecified atom stereocenters. The highest BCUT2D eigenvalue weighted by atomic mass is 19.4. The zero-order valence-corrected chi connectivity index (χ0v) is 15.8. The Hall–Kier alpha value is -3.81. The van der Waals surface area contributed by atoms with Crippen molar-refractivity contribution in [2.45, 2.75) is 6.18 Å². The van der Waals surface area contributed by atoms with Gasteiger partial charge in [-0.2, -0.15) is 13.2 Å². The van der Waals surface area contributed by atoms with Gasteiger partial charge in [0.1, 0.15) is 22.9 Å². The summed E-state index contributed by atoms with van der Waals surface area (Å²) < 4.78 is 45.9. The van der Waals surface area contributed by atoms with Gasteiger partial charge < -0.3 is 10.1 Å². The molecular formula is C22H16F3N3O2. The average molecular weight is 411 g/mol. The molecule has 30 heavy (non-hydrogen) atoms. The normalized spacial score (nSPS) is 11.5. The van der Waals surface area contributed by atoms with Crippen LogP contribution in [0.3, 0.4) is 0 Å². The molecule has 0 aliphatic rings. The Morgan fingerprint density at radius 3 is 2.50 bits per heavy atom. The first-order chi connectivity index (χ1) is 14.4. The quantitative estimate of drug-likeness (QED) is 0.497. The number of carbonyl (C=O) groups is 1. The number of halogens is 3. The molecule has 0 aliphatic heterocycles. The molecule has 0 aliphatic carbocycles. The Kier molecular flexibility index (Phi) is 4.91. The maximum absolute atomic E-state index is 13.0. The average Bonchev–Trinajstić information content (AvgIpc) is 3.11. The third kappa shape index (κ3) is 3.71. The summed E-state index contributed by atoms with van der Waals surface area (Å²) in [6.07, 6.45) is -2.81. The first kappa shape index (κ1) is 19.5. The van der Waals surface area contributed by atoms with E-state index in [1.165, 1.54) is 12.1 Å². The number of alkyl halides is 3. The highest BCUT2D eigenvalue weighted by Crippen LogP contribution is 2.32. The number of methoxy groups -OCH3 is 1. The van der Waals surface area contributed by atoms with Crippen LogP contribution >= 0.6 is 0 Å². The van der Waals surface area contributed by atoms with Gasteiger partial charge in [0.15, 0.2) is 0 Å². The minimum Gasteiger partial charge on any atom is -0.497 e. The Morgan fingerprint density at radius 1 is 1.03 bits per heavy atom. The number of nitrogens with zero attached hydrogens (tertiary/aromatic N) is 2. The predicted octanol–water partition coefficient (Wildman–Crippen LogP) is 5.28. The van der Waals surface area contributed by atoms with Crippen LogP contribution in [-0.4, -0.2) is 22.4 Å². The minimum atomic E-state index is -4.53. The van der Waals surface area contributed by atoms with Crippen LogP contribution in [0.4, 0.5) is 19.0 Å². The number of aromatic nitrogens is 2. The lowest BCUT2D eigenvalue weighted by Crippen LogP contribution is -2.15. The largest absolute Gasteiger partial charge is 0.497 e. The fourth-order valence-corrected chi connectivity index (χ4v) is 3.08. The SMILES string of the molecule is COc1ccc(-c2nc3ccccn3c2NC(=O)c2cccc(C(F)(F)F)c2)cc1. The number of nitrogens with one attached hydrogen (secondary N) is 1. The highest BCUT2D eigenvalue weighted by Gasteiger charge is 2.31. The molecule has 4 aromatic rings. The number of ether oxygens (including phenoxy) is 1. The molecule has 5 nitrogen and oxygen atoms in total. The second-order valence-corrected chi connectivity index (χ2v) is 6.50. The van der Waals surface area contributed by atoms with Crippen LogP contribution in [0.25, 0.3) is 16.9 Å². The molecule has 0 saturated carbocycles. The molecule has 0 fully saturated rings. The Labute approximate surface area is 169 Å². The highest BCUT2D eigenvalue weighted by molar-refractivity contribution is 6.06. The second-order valence-electron chi connectivity index (χ2n) is 6.50. The fourth-order valence-electron chi connectivity index (χ4n) is 3.08. The summed E-state index contributed by atoms with van der Waals surface area (Å²) in [5.74, 6) is 0.358. The van der Waals surface area contributed by atoms with Crippen LogP contribution in [0.1, 0.15) is 15.9 Å². The van der Waals surface area contributed by atoms with E-state index in [0.717, 1.165) is 17.7 Å². The van der Waals surface area contributed by atoms with Crippen molar-refractivity contribution >= 4 is 17.4 Å². The smallest absolute Gasteiger partial charge is 0.416 e. The molecule has 2 heterocycles. The van der Waals surface area contributed by atoms with Crippen molar-refractivity contribution in [2.24, 2.45) is 0 Å². The number of rotatable bonds is 4. The third-order valence-electron chi connectivity index (χ3n) is 4.58. The molecular weight excluding hydrogens is 395 g/mol. The molecule has 8 heteroatoms. The van der Waals surface area contributed by atoms with E-state index in [9.17, 15) is 18.0 Å². The van der Waals surface area contributed by atoms with Crippen LogP contribution in [0.5, 0.6) is 5.75 Å². The minimum absolute atomic E-state index is 0.101. The van der Waals surface area contributed by atoms with E-state index in [1.807, 2.05) is 0 Å². The summed E-state index contributed by atoms with van der Waals surface area (Å²) in [6.45, 7) is 0. The van der Waals surface area contributed by atoms with Gasteiger partial charge in [-0.05, 0) is 54.6 Å². The van der Waals surface area contributed by atoms with E-state index in [0.29, 0.717) is 22.9 Å². The summed E-state index contributed by atoms with van der Waals surface area (Å²) in [4.78, 5) is 17.3. The van der Waals surface area contributed by atoms with Gasteiger partial charge >= 0.3 is 6.18 Å². The topological polar surface area (TPSA) is 55.6 Å². The second kappa shape index (κ2) is 7.55. The number of pyridine rings is 1. The van der Waals surface area contributed by atoms with Gasteiger partial charge in [-0.25, -0.2) is 4.98 Å². The van der Waals surface area contributed by atoms with Crippen LogP contribution in [0.15, 0.2) is 72.9 Å². The molecule has 0 bridgehead atoms. The van der Waals surface area contributed by atoms with Crippen LogP contribution < -0.4 is 10.1 Å². The molecule has 4 rings (SSSR count). The molecule has 2 aromatic carbocycles. The maximum atomic E-state index is 13.0. The number of hydrogen-bond acceptors (Lipinski definition) is 3. The number of carbonyl (C=O) groups excluding carboxylic acids is 1. The molecule has 0 radical (unpaired) electrons. The first-order valence-corrected chi connectivity index (χ1v) is 8.97. The third-order valence-corrected chi connectivity index (χ3v) is 4.58. The predicted molar refractivity (Wildman–Crippen MR) is 107 cm³/mol. The van der Waals surface area contributed by atoms with E-state index < -0.39 is 17.6 Å². The molecule has 152 valence electrons. The summed E-state index contributed by atoms with van der Waals surface area (Å²) >= 11 is 0. The summed E-state index contributed by atoms with van der Waals surface area (Å²) in [5, 5.41) is 2.72. The number of benzene rings is 2. The van der Waals surface area contributed by atoms with E-state index in [1.54, 1.807) is 60.2 Å². The van der Waals surface area contributed by atoms with Crippen LogP contribution in [0, 0.1) is 0 Å². The van der Waals surface area contributed by atoms with Gasteiger partial charge in [0.05, 0.1) is 12.7 Å². The van der Waals surface area contributed by atoms with Crippen molar-refractivity contribution in [2.75, 3.05) is 12.4 Å². The van der Waals surface area contributed by atoms with Gasteiger partial charge in [0.25, 0.3) is 5.91 Å². The van der Waals surface area contributed by atoms with Gasteiger partial charge in [0, 0.05) is 17.3 Å². The lowest BCUT2D eigenvalue weighted by Gasteiger charge is -2.10. The van der Waals surface area contributed by atoms with Crippen molar-refractivity contribution in [1.29, 1.82) is 0 Å². The van der Waals surface area contributed by atoms with E-state index in [4.69, 9.17) is 4.74 Å². The molecule has 0 atom stereocenters. The maximum Gasteiger partial charge on any atom is 0.416 e. The number of anilines is 1. The van der Waals surface area contributed by atoms with Crippen LogP contribution in [-0.2, 0) is 6.18 Å². The van der Waals surface area contributed by atoms with Crippen molar-refractivity contribution in [3.05, 3.63) is 84.1 Å². The Balaban J connectivity index is 1.76. The molecule has 0 saturated heterocycles. The van der Waals surface area contributed by atoms with Gasteiger partial charge in [-0.1, -0.05) is 12.1 Å².